The highest BCUT2D eigenvalue weighted by Gasteiger charge is 2.36. The summed E-state index contributed by atoms with van der Waals surface area (Å²) in [7, 11) is 0. The molecule has 0 spiro atoms. The van der Waals surface area contributed by atoms with Crippen LogP contribution in [-0.4, -0.2) is 59.7 Å². The van der Waals surface area contributed by atoms with E-state index in [0.717, 1.165) is 0 Å². The molecule has 2 aliphatic heterocycles. The molecule has 8 heteroatoms. The SMILES string of the molecule is CC(C)(C)OC(=O)N1CCN2C(=O)c3cc(F)c(Br)cc3OCC[C@H]2C1. The van der Waals surface area contributed by atoms with Gasteiger partial charge in [-0.05, 0) is 48.8 Å². The second-order valence-corrected chi connectivity index (χ2v) is 8.33. The summed E-state index contributed by atoms with van der Waals surface area (Å²) < 4.78 is 25.3. The van der Waals surface area contributed by atoms with Gasteiger partial charge in [-0.1, -0.05) is 0 Å². The van der Waals surface area contributed by atoms with Crippen LogP contribution in [0.5, 0.6) is 5.75 Å². The van der Waals surface area contributed by atoms with Gasteiger partial charge in [-0.15, -0.1) is 0 Å². The summed E-state index contributed by atoms with van der Waals surface area (Å²) >= 11 is 3.12. The third kappa shape index (κ3) is 3.95. The normalized spacial score (nSPS) is 20.5. The monoisotopic (exact) mass is 428 g/mol. The molecule has 1 saturated heterocycles. The lowest BCUT2D eigenvalue weighted by Crippen LogP contribution is -2.58. The lowest BCUT2D eigenvalue weighted by atomic mass is 10.0. The number of rotatable bonds is 0. The minimum Gasteiger partial charge on any atom is -0.493 e. The van der Waals surface area contributed by atoms with Crippen molar-refractivity contribution in [3.05, 3.63) is 28.0 Å². The van der Waals surface area contributed by atoms with Crippen LogP contribution in [0.15, 0.2) is 16.6 Å². The third-order valence-electron chi connectivity index (χ3n) is 4.36. The average Bonchev–Trinajstić information content (AvgIpc) is 2.54. The molecule has 0 saturated carbocycles. The van der Waals surface area contributed by atoms with Crippen molar-refractivity contribution in [1.29, 1.82) is 0 Å². The van der Waals surface area contributed by atoms with Crippen molar-refractivity contribution < 1.29 is 23.5 Å². The van der Waals surface area contributed by atoms with Gasteiger partial charge in [0.1, 0.15) is 17.2 Å². The van der Waals surface area contributed by atoms with E-state index in [4.69, 9.17) is 9.47 Å². The molecule has 1 fully saturated rings. The molecule has 1 aromatic carbocycles. The number of carbonyl (C=O) groups excluding carboxylic acids is 2. The van der Waals surface area contributed by atoms with Crippen molar-refractivity contribution in [2.45, 2.75) is 38.8 Å². The first-order chi connectivity index (χ1) is 12.2. The first kappa shape index (κ1) is 18.9. The second-order valence-electron chi connectivity index (χ2n) is 7.48. The van der Waals surface area contributed by atoms with Gasteiger partial charge in [0.25, 0.3) is 5.91 Å². The molecule has 2 heterocycles. The Bertz CT molecular complexity index is 735. The Morgan fingerprint density at radius 3 is 2.77 bits per heavy atom. The zero-order valence-corrected chi connectivity index (χ0v) is 16.6. The Kier molecular flexibility index (Phi) is 5.14. The number of benzene rings is 1. The van der Waals surface area contributed by atoms with Gasteiger partial charge in [0.2, 0.25) is 0 Å². The van der Waals surface area contributed by atoms with E-state index >= 15 is 0 Å². The number of hydrogen-bond acceptors (Lipinski definition) is 4. The first-order valence-electron chi connectivity index (χ1n) is 8.56. The van der Waals surface area contributed by atoms with E-state index in [-0.39, 0.29) is 28.1 Å². The number of nitrogens with zero attached hydrogens (tertiary/aromatic N) is 2. The van der Waals surface area contributed by atoms with Crippen LogP contribution in [0.1, 0.15) is 37.6 Å². The fraction of sp³-hybridized carbons (Fsp3) is 0.556. The molecule has 0 aromatic heterocycles. The summed E-state index contributed by atoms with van der Waals surface area (Å²) in [5, 5.41) is 0. The molecule has 1 aromatic rings. The fourth-order valence-corrected chi connectivity index (χ4v) is 3.46. The number of carbonyl (C=O) groups is 2. The minimum absolute atomic E-state index is 0.191. The van der Waals surface area contributed by atoms with Crippen LogP contribution in [-0.2, 0) is 4.74 Å². The molecule has 2 amide bonds. The molecule has 1 atom stereocenters. The van der Waals surface area contributed by atoms with Crippen molar-refractivity contribution in [3.8, 4) is 5.75 Å². The maximum absolute atomic E-state index is 13.9. The van der Waals surface area contributed by atoms with Crippen LogP contribution in [0, 0.1) is 5.82 Å². The predicted octanol–water partition coefficient (Wildman–Crippen LogP) is 3.43. The van der Waals surface area contributed by atoms with Gasteiger partial charge in [0.05, 0.1) is 22.7 Å². The van der Waals surface area contributed by atoms with Crippen molar-refractivity contribution in [2.75, 3.05) is 26.2 Å². The molecule has 0 unspecified atom stereocenters. The van der Waals surface area contributed by atoms with Crippen molar-refractivity contribution >= 4 is 27.9 Å². The highest BCUT2D eigenvalue weighted by Crippen LogP contribution is 2.31. The lowest BCUT2D eigenvalue weighted by Gasteiger charge is -2.42. The van der Waals surface area contributed by atoms with Gasteiger partial charge in [-0.2, -0.15) is 0 Å². The standard InChI is InChI=1S/C18H22BrFN2O4/c1-18(2,3)26-17(24)21-5-6-22-11(10-21)4-7-25-15-9-13(19)14(20)8-12(15)16(22)23/h8-9,11H,4-7,10H2,1-3H3/t11-/m0/s1. The predicted molar refractivity (Wildman–Crippen MR) is 96.8 cm³/mol. The van der Waals surface area contributed by atoms with E-state index in [1.165, 1.54) is 12.1 Å². The molecule has 0 bridgehead atoms. The average molecular weight is 429 g/mol. The van der Waals surface area contributed by atoms with Crippen LogP contribution in [0.3, 0.4) is 0 Å². The van der Waals surface area contributed by atoms with Crippen LogP contribution in [0.25, 0.3) is 0 Å². The molecule has 26 heavy (non-hydrogen) atoms. The summed E-state index contributed by atoms with van der Waals surface area (Å²) in [5.41, 5.74) is -0.362. The zero-order chi connectivity index (χ0) is 19.1. The molecule has 2 aliphatic rings. The maximum atomic E-state index is 13.9. The van der Waals surface area contributed by atoms with E-state index < -0.39 is 11.4 Å². The molecule has 6 nitrogen and oxygen atoms in total. The molecular formula is C18H22BrFN2O4. The number of fused-ring (bicyclic) bond motifs is 2. The number of halogens is 2. The first-order valence-corrected chi connectivity index (χ1v) is 9.36. The van der Waals surface area contributed by atoms with E-state index in [1.807, 2.05) is 20.8 Å². The highest BCUT2D eigenvalue weighted by atomic mass is 79.9. The van der Waals surface area contributed by atoms with E-state index in [9.17, 15) is 14.0 Å². The molecule has 0 radical (unpaired) electrons. The highest BCUT2D eigenvalue weighted by molar-refractivity contribution is 9.10. The van der Waals surface area contributed by atoms with Gasteiger partial charge in [0, 0.05) is 26.1 Å². The smallest absolute Gasteiger partial charge is 0.410 e. The topological polar surface area (TPSA) is 59.1 Å². The van der Waals surface area contributed by atoms with Gasteiger partial charge in [0.15, 0.2) is 0 Å². The Morgan fingerprint density at radius 2 is 2.08 bits per heavy atom. The van der Waals surface area contributed by atoms with Crippen LogP contribution < -0.4 is 4.74 Å². The minimum atomic E-state index is -0.571. The molecule has 0 aliphatic carbocycles. The number of piperazine rings is 1. The largest absolute Gasteiger partial charge is 0.493 e. The van der Waals surface area contributed by atoms with E-state index in [0.29, 0.717) is 38.4 Å². The number of hydrogen-bond donors (Lipinski definition) is 0. The van der Waals surface area contributed by atoms with Crippen LogP contribution >= 0.6 is 15.9 Å². The Labute approximate surface area is 160 Å². The van der Waals surface area contributed by atoms with Gasteiger partial charge < -0.3 is 19.3 Å². The zero-order valence-electron chi connectivity index (χ0n) is 15.1. The summed E-state index contributed by atoms with van der Waals surface area (Å²) in [6, 6.07) is 2.49. The third-order valence-corrected chi connectivity index (χ3v) is 4.96. The fourth-order valence-electron chi connectivity index (χ4n) is 3.14. The maximum Gasteiger partial charge on any atom is 0.410 e. The number of amides is 2. The van der Waals surface area contributed by atoms with Crippen molar-refractivity contribution in [2.24, 2.45) is 0 Å². The van der Waals surface area contributed by atoms with Crippen LogP contribution in [0.2, 0.25) is 0 Å². The molecule has 3 rings (SSSR count). The summed E-state index contributed by atoms with van der Waals surface area (Å²) in [6.45, 7) is 6.96. The van der Waals surface area contributed by atoms with Gasteiger partial charge in [-0.25, -0.2) is 9.18 Å². The lowest BCUT2D eigenvalue weighted by molar-refractivity contribution is 0.00107. The molecule has 142 valence electrons. The van der Waals surface area contributed by atoms with Crippen LogP contribution in [0.4, 0.5) is 9.18 Å². The summed E-state index contributed by atoms with van der Waals surface area (Å²) in [6.07, 6.45) is 0.197. The van der Waals surface area contributed by atoms with Gasteiger partial charge in [-0.3, -0.25) is 4.79 Å². The van der Waals surface area contributed by atoms with Gasteiger partial charge >= 0.3 is 6.09 Å². The molecular weight excluding hydrogens is 407 g/mol. The van der Waals surface area contributed by atoms with Crippen molar-refractivity contribution in [1.82, 2.24) is 9.80 Å². The summed E-state index contributed by atoms with van der Waals surface area (Å²) in [5.74, 6) is -0.415. The molecule has 0 N–H and O–H groups in total. The van der Waals surface area contributed by atoms with E-state index in [1.54, 1.807) is 9.80 Å². The quantitative estimate of drug-likeness (QED) is 0.634. The number of ether oxygens (including phenoxy) is 2. The summed E-state index contributed by atoms with van der Waals surface area (Å²) in [4.78, 5) is 28.6. The van der Waals surface area contributed by atoms with Crippen molar-refractivity contribution in [3.63, 3.8) is 0 Å². The Balaban J connectivity index is 1.79. The van der Waals surface area contributed by atoms with E-state index in [2.05, 4.69) is 15.9 Å². The second kappa shape index (κ2) is 7.06. The Hall–Kier alpha value is -1.83. The Morgan fingerprint density at radius 1 is 1.35 bits per heavy atom.